The highest BCUT2D eigenvalue weighted by molar-refractivity contribution is 5.88. The van der Waals surface area contributed by atoms with Crippen molar-refractivity contribution in [3.63, 3.8) is 0 Å². The average Bonchev–Trinajstić information content (AvgIpc) is 2.56. The third kappa shape index (κ3) is 3.19. The third-order valence-electron chi connectivity index (χ3n) is 5.34. The first-order valence-electron chi connectivity index (χ1n) is 8.79. The van der Waals surface area contributed by atoms with Crippen molar-refractivity contribution in [2.75, 3.05) is 13.1 Å². The van der Waals surface area contributed by atoms with Crippen molar-refractivity contribution >= 4 is 5.91 Å². The summed E-state index contributed by atoms with van der Waals surface area (Å²) in [7, 11) is 0. The number of carbonyl (C=O) groups excluding carboxylic acids is 1. The van der Waals surface area contributed by atoms with Crippen molar-refractivity contribution in [1.29, 1.82) is 0 Å². The van der Waals surface area contributed by atoms with E-state index in [0.717, 1.165) is 51.6 Å². The fourth-order valence-electron chi connectivity index (χ4n) is 4.04. The lowest BCUT2D eigenvalue weighted by Crippen LogP contribution is -2.53. The van der Waals surface area contributed by atoms with Crippen molar-refractivity contribution in [3.8, 4) is 0 Å². The van der Waals surface area contributed by atoms with Crippen LogP contribution in [-0.2, 0) is 10.2 Å². The Balaban J connectivity index is 1.83. The summed E-state index contributed by atoms with van der Waals surface area (Å²) in [5.41, 5.74) is 2.16. The lowest BCUT2D eigenvalue weighted by Gasteiger charge is -2.38. The van der Waals surface area contributed by atoms with Gasteiger partial charge in [0.25, 0.3) is 0 Å². The molecule has 2 fully saturated rings. The molecule has 22 heavy (non-hydrogen) atoms. The van der Waals surface area contributed by atoms with Gasteiger partial charge in [-0.25, -0.2) is 0 Å². The monoisotopic (exact) mass is 300 g/mol. The summed E-state index contributed by atoms with van der Waals surface area (Å²) < 4.78 is 0. The molecule has 0 bridgehead atoms. The van der Waals surface area contributed by atoms with E-state index in [1.165, 1.54) is 17.5 Å². The minimum Gasteiger partial charge on any atom is -0.351 e. The fraction of sp³-hybridized carbons (Fsp3) is 0.632. The van der Waals surface area contributed by atoms with Crippen LogP contribution in [0.2, 0.25) is 0 Å². The highest BCUT2D eigenvalue weighted by atomic mass is 16.2. The maximum atomic E-state index is 13.2. The van der Waals surface area contributed by atoms with Gasteiger partial charge in [0, 0.05) is 12.6 Å². The van der Waals surface area contributed by atoms with Gasteiger partial charge in [-0.3, -0.25) is 4.79 Å². The second kappa shape index (κ2) is 6.82. The molecule has 1 aliphatic heterocycles. The molecule has 0 spiro atoms. The van der Waals surface area contributed by atoms with Crippen molar-refractivity contribution in [1.82, 2.24) is 10.6 Å². The van der Waals surface area contributed by atoms with Gasteiger partial charge in [0.05, 0.1) is 5.41 Å². The number of carbonyl (C=O) groups is 1. The van der Waals surface area contributed by atoms with Gasteiger partial charge < -0.3 is 10.6 Å². The molecular weight excluding hydrogens is 272 g/mol. The fourth-order valence-corrected chi connectivity index (χ4v) is 4.04. The number of aryl methyl sites for hydroxylation is 1. The van der Waals surface area contributed by atoms with E-state index in [4.69, 9.17) is 0 Å². The van der Waals surface area contributed by atoms with Crippen LogP contribution in [0.4, 0.5) is 0 Å². The van der Waals surface area contributed by atoms with Crippen LogP contribution in [0.3, 0.4) is 0 Å². The predicted molar refractivity (Wildman–Crippen MR) is 90.0 cm³/mol. The van der Waals surface area contributed by atoms with E-state index in [2.05, 4.69) is 41.8 Å². The van der Waals surface area contributed by atoms with E-state index in [9.17, 15) is 4.79 Å². The van der Waals surface area contributed by atoms with Crippen molar-refractivity contribution in [2.45, 2.75) is 63.3 Å². The van der Waals surface area contributed by atoms with E-state index in [0.29, 0.717) is 6.04 Å². The molecule has 3 rings (SSSR count). The van der Waals surface area contributed by atoms with Crippen molar-refractivity contribution in [2.24, 2.45) is 0 Å². The van der Waals surface area contributed by atoms with E-state index in [1.54, 1.807) is 0 Å². The lowest BCUT2D eigenvalue weighted by molar-refractivity contribution is -0.129. The molecule has 3 heteroatoms. The zero-order valence-corrected chi connectivity index (χ0v) is 13.7. The van der Waals surface area contributed by atoms with Crippen LogP contribution in [0.1, 0.15) is 56.1 Å². The molecule has 0 aromatic heterocycles. The summed E-state index contributed by atoms with van der Waals surface area (Å²) in [5.74, 6) is 0.256. The summed E-state index contributed by atoms with van der Waals surface area (Å²) in [5, 5.41) is 6.74. The Kier molecular flexibility index (Phi) is 4.82. The maximum Gasteiger partial charge on any atom is 0.230 e. The Hall–Kier alpha value is -1.35. The summed E-state index contributed by atoms with van der Waals surface area (Å²) in [6.45, 7) is 4.11. The van der Waals surface area contributed by atoms with E-state index in [-0.39, 0.29) is 11.3 Å². The number of hydrogen-bond acceptors (Lipinski definition) is 2. The minimum atomic E-state index is -0.304. The standard InChI is InChI=1S/C19H28N2O/c1-15-7-5-8-16(13-15)19(10-3-2-4-11-19)18(22)21-17-9-6-12-20-14-17/h5,7-8,13,17,20H,2-4,6,9-12,14H2,1H3,(H,21,22)/t17-/m0/s1. The molecule has 1 saturated heterocycles. The van der Waals surface area contributed by atoms with Crippen LogP contribution in [0.15, 0.2) is 24.3 Å². The average molecular weight is 300 g/mol. The Bertz CT molecular complexity index is 514. The van der Waals surface area contributed by atoms with Crippen LogP contribution in [-0.4, -0.2) is 25.0 Å². The van der Waals surface area contributed by atoms with Gasteiger partial charge >= 0.3 is 0 Å². The maximum absolute atomic E-state index is 13.2. The zero-order valence-electron chi connectivity index (χ0n) is 13.7. The Morgan fingerprint density at radius 1 is 1.23 bits per heavy atom. The normalized spacial score (nSPS) is 24.7. The molecule has 0 radical (unpaired) electrons. The van der Waals surface area contributed by atoms with Gasteiger partial charge in [-0.2, -0.15) is 0 Å². The highest BCUT2D eigenvalue weighted by Gasteiger charge is 2.41. The van der Waals surface area contributed by atoms with Gasteiger partial charge in [0.1, 0.15) is 0 Å². The second-order valence-corrected chi connectivity index (χ2v) is 7.03. The summed E-state index contributed by atoms with van der Waals surface area (Å²) in [6, 6.07) is 8.87. The van der Waals surface area contributed by atoms with Gasteiger partial charge in [-0.15, -0.1) is 0 Å². The van der Waals surface area contributed by atoms with Crippen LogP contribution in [0, 0.1) is 6.92 Å². The number of rotatable bonds is 3. The van der Waals surface area contributed by atoms with E-state index in [1.807, 2.05) is 0 Å². The molecule has 120 valence electrons. The third-order valence-corrected chi connectivity index (χ3v) is 5.34. The predicted octanol–water partition coefficient (Wildman–Crippen LogP) is 3.07. The van der Waals surface area contributed by atoms with Crippen LogP contribution in [0.5, 0.6) is 0 Å². The Morgan fingerprint density at radius 2 is 2.05 bits per heavy atom. The van der Waals surface area contributed by atoms with Crippen LogP contribution in [0.25, 0.3) is 0 Å². The first-order valence-corrected chi connectivity index (χ1v) is 8.79. The summed E-state index contributed by atoms with van der Waals surface area (Å²) in [4.78, 5) is 13.2. The summed E-state index contributed by atoms with van der Waals surface area (Å²) >= 11 is 0. The largest absolute Gasteiger partial charge is 0.351 e. The van der Waals surface area contributed by atoms with E-state index >= 15 is 0 Å². The molecular formula is C19H28N2O. The Morgan fingerprint density at radius 3 is 2.73 bits per heavy atom. The van der Waals surface area contributed by atoms with Crippen LogP contribution >= 0.6 is 0 Å². The first-order chi connectivity index (χ1) is 10.7. The SMILES string of the molecule is Cc1cccc(C2(C(=O)N[C@H]3CCCNC3)CCCCC2)c1. The topological polar surface area (TPSA) is 41.1 Å². The highest BCUT2D eigenvalue weighted by Crippen LogP contribution is 2.40. The molecule has 1 aliphatic carbocycles. The van der Waals surface area contributed by atoms with E-state index < -0.39 is 0 Å². The number of nitrogens with one attached hydrogen (secondary N) is 2. The van der Waals surface area contributed by atoms with Gasteiger partial charge in [0.15, 0.2) is 0 Å². The molecule has 1 heterocycles. The number of piperidine rings is 1. The van der Waals surface area contributed by atoms with Crippen molar-refractivity contribution in [3.05, 3.63) is 35.4 Å². The molecule has 1 saturated carbocycles. The quantitative estimate of drug-likeness (QED) is 0.901. The lowest BCUT2D eigenvalue weighted by atomic mass is 9.68. The molecule has 0 unspecified atom stereocenters. The minimum absolute atomic E-state index is 0.256. The number of amides is 1. The molecule has 1 aromatic carbocycles. The van der Waals surface area contributed by atoms with Gasteiger partial charge in [0.2, 0.25) is 5.91 Å². The summed E-state index contributed by atoms with van der Waals surface area (Å²) in [6.07, 6.45) is 7.80. The molecule has 3 nitrogen and oxygen atoms in total. The van der Waals surface area contributed by atoms with Crippen LogP contribution < -0.4 is 10.6 Å². The molecule has 2 N–H and O–H groups in total. The van der Waals surface area contributed by atoms with Gasteiger partial charge in [-0.1, -0.05) is 49.1 Å². The molecule has 1 amide bonds. The van der Waals surface area contributed by atoms with Gasteiger partial charge in [-0.05, 0) is 44.7 Å². The van der Waals surface area contributed by atoms with Crippen molar-refractivity contribution < 1.29 is 4.79 Å². The zero-order chi connectivity index (χ0) is 15.4. The smallest absolute Gasteiger partial charge is 0.230 e. The first kappa shape index (κ1) is 15.5. The second-order valence-electron chi connectivity index (χ2n) is 7.03. The number of benzene rings is 1. The number of hydrogen-bond donors (Lipinski definition) is 2. The molecule has 1 atom stereocenters. The molecule has 2 aliphatic rings. The molecule has 1 aromatic rings. The Labute approximate surface area is 133 Å².